The Kier molecular flexibility index (Phi) is 7.53. The number of nitrogens with one attached hydrogen (secondary N) is 1. The van der Waals surface area contributed by atoms with Crippen molar-refractivity contribution < 1.29 is 13.5 Å². The zero-order valence-corrected chi connectivity index (χ0v) is 21.4. The number of hydrogen-bond acceptors (Lipinski definition) is 6. The van der Waals surface area contributed by atoms with E-state index in [2.05, 4.69) is 41.0 Å². The van der Waals surface area contributed by atoms with Gasteiger partial charge in [0, 0.05) is 30.4 Å². The highest BCUT2D eigenvalue weighted by Gasteiger charge is 2.20. The number of β-amino-alcohol motifs (C(OH)–C–C–N with tert-alkyl or cyclic N) is 1. The predicted molar refractivity (Wildman–Crippen MR) is 140 cm³/mol. The van der Waals surface area contributed by atoms with Crippen molar-refractivity contribution in [2.75, 3.05) is 6.54 Å². The number of imidazole rings is 1. The van der Waals surface area contributed by atoms with E-state index in [1.165, 1.54) is 6.07 Å². The van der Waals surface area contributed by atoms with Gasteiger partial charge in [-0.15, -0.1) is 11.3 Å². The van der Waals surface area contributed by atoms with Gasteiger partial charge >= 0.3 is 0 Å². The highest BCUT2D eigenvalue weighted by atomic mass is 32.2. The summed E-state index contributed by atoms with van der Waals surface area (Å²) in [5.41, 5.74) is 2.66. The van der Waals surface area contributed by atoms with Crippen LogP contribution in [0, 0.1) is 0 Å². The topological polar surface area (TPSA) is 110 Å². The van der Waals surface area contributed by atoms with Gasteiger partial charge in [0.15, 0.2) is 0 Å². The van der Waals surface area contributed by atoms with Crippen molar-refractivity contribution in [3.05, 3.63) is 84.1 Å². The number of rotatable bonds is 10. The van der Waals surface area contributed by atoms with Crippen molar-refractivity contribution in [2.45, 2.75) is 43.4 Å². The van der Waals surface area contributed by atoms with Crippen LogP contribution in [0.25, 0.3) is 21.7 Å². The van der Waals surface area contributed by atoms with E-state index in [0.717, 1.165) is 23.5 Å². The van der Waals surface area contributed by atoms with Crippen LogP contribution >= 0.6 is 11.3 Å². The Morgan fingerprint density at radius 2 is 1.94 bits per heavy atom. The minimum Gasteiger partial charge on any atom is -0.387 e. The van der Waals surface area contributed by atoms with Gasteiger partial charge in [-0.25, -0.2) is 18.5 Å². The Balaban J connectivity index is 1.38. The number of sulfonamides is 1. The highest BCUT2D eigenvalue weighted by molar-refractivity contribution is 7.89. The first-order valence-electron chi connectivity index (χ1n) is 11.3. The van der Waals surface area contributed by atoms with E-state index in [4.69, 9.17) is 5.14 Å². The molecule has 0 aliphatic rings. The van der Waals surface area contributed by atoms with Crippen LogP contribution in [0.5, 0.6) is 0 Å². The largest absolute Gasteiger partial charge is 0.387 e. The SMILES string of the molecule is CC(C)(CCn1cnc(-c2cccs2)c1)NCC(O)c1cccc(-c2ccccc2S(N)(=O)=O)c1. The quantitative estimate of drug-likeness (QED) is 0.293. The molecule has 0 saturated carbocycles. The number of primary sulfonamides is 1. The van der Waals surface area contributed by atoms with Gasteiger partial charge in [0.1, 0.15) is 0 Å². The summed E-state index contributed by atoms with van der Waals surface area (Å²) < 4.78 is 26.1. The summed E-state index contributed by atoms with van der Waals surface area (Å²) in [4.78, 5) is 5.71. The molecule has 2 aromatic heterocycles. The Morgan fingerprint density at radius 3 is 2.69 bits per heavy atom. The number of nitrogens with two attached hydrogens (primary N) is 1. The molecule has 1 atom stereocenters. The number of hydrogen-bond donors (Lipinski definition) is 3. The van der Waals surface area contributed by atoms with Crippen molar-refractivity contribution in [2.24, 2.45) is 5.14 Å². The second-order valence-electron chi connectivity index (χ2n) is 9.17. The van der Waals surface area contributed by atoms with E-state index < -0.39 is 16.1 Å². The van der Waals surface area contributed by atoms with Crippen molar-refractivity contribution >= 4 is 21.4 Å². The van der Waals surface area contributed by atoms with E-state index in [0.29, 0.717) is 23.2 Å². The van der Waals surface area contributed by atoms with Crippen LogP contribution in [0.4, 0.5) is 0 Å². The van der Waals surface area contributed by atoms with Gasteiger partial charge in [0.25, 0.3) is 0 Å². The summed E-state index contributed by atoms with van der Waals surface area (Å²) in [6, 6.07) is 18.0. The van der Waals surface area contributed by atoms with Gasteiger partial charge in [0.2, 0.25) is 10.0 Å². The monoisotopic (exact) mass is 510 g/mol. The Hall–Kier alpha value is -2.82. The fourth-order valence-electron chi connectivity index (χ4n) is 3.89. The summed E-state index contributed by atoms with van der Waals surface area (Å²) in [6.07, 6.45) is 4.00. The second-order valence-corrected chi connectivity index (χ2v) is 11.6. The minimum atomic E-state index is -3.87. The molecular formula is C26H30N4O3S2. The first-order chi connectivity index (χ1) is 16.6. The first-order valence-corrected chi connectivity index (χ1v) is 13.8. The molecule has 2 heterocycles. The first kappa shape index (κ1) is 25.3. The molecule has 4 aromatic rings. The van der Waals surface area contributed by atoms with Crippen LogP contribution < -0.4 is 10.5 Å². The molecule has 0 aliphatic carbocycles. The Labute approximate surface area is 210 Å². The van der Waals surface area contributed by atoms with Gasteiger partial charge in [-0.05, 0) is 55.0 Å². The van der Waals surface area contributed by atoms with Gasteiger partial charge in [-0.2, -0.15) is 0 Å². The molecule has 7 nitrogen and oxygen atoms in total. The molecule has 0 spiro atoms. The molecule has 0 aliphatic heterocycles. The zero-order chi connectivity index (χ0) is 25.1. The normalized spacial score (nSPS) is 13.1. The lowest BCUT2D eigenvalue weighted by molar-refractivity contribution is 0.158. The summed E-state index contributed by atoms with van der Waals surface area (Å²) in [5.74, 6) is 0. The fourth-order valence-corrected chi connectivity index (χ4v) is 5.34. The van der Waals surface area contributed by atoms with Gasteiger partial charge in [0.05, 0.1) is 27.9 Å². The van der Waals surface area contributed by atoms with E-state index in [1.807, 2.05) is 36.0 Å². The number of aromatic nitrogens is 2. The zero-order valence-electron chi connectivity index (χ0n) is 19.8. The van der Waals surface area contributed by atoms with Gasteiger partial charge in [-0.1, -0.05) is 42.5 Å². The van der Waals surface area contributed by atoms with Crippen molar-refractivity contribution in [3.63, 3.8) is 0 Å². The van der Waals surface area contributed by atoms with Crippen LogP contribution in [-0.2, 0) is 16.6 Å². The highest BCUT2D eigenvalue weighted by Crippen LogP contribution is 2.29. The number of thiophene rings is 1. The lowest BCUT2D eigenvalue weighted by Gasteiger charge is -2.28. The van der Waals surface area contributed by atoms with E-state index in [-0.39, 0.29) is 10.4 Å². The van der Waals surface area contributed by atoms with Gasteiger partial charge < -0.3 is 15.0 Å². The fraction of sp³-hybridized carbons (Fsp3) is 0.269. The molecule has 0 radical (unpaired) electrons. The average Bonchev–Trinajstić information content (AvgIpc) is 3.53. The molecule has 35 heavy (non-hydrogen) atoms. The third kappa shape index (κ3) is 6.45. The van der Waals surface area contributed by atoms with Crippen molar-refractivity contribution in [1.82, 2.24) is 14.9 Å². The third-order valence-corrected chi connectivity index (χ3v) is 7.81. The maximum absolute atomic E-state index is 12.0. The standard InChI is InChI=1S/C26H30N4O3S2/c1-26(2,12-13-30-17-22(28-18-30)24-10-6-14-34-24)29-16-23(31)20-8-5-7-19(15-20)21-9-3-4-11-25(21)35(27,32)33/h3-11,14-15,17-18,23,29,31H,12-13,16H2,1-2H3,(H2,27,32,33). The number of aliphatic hydroxyl groups excluding tert-OH is 1. The lowest BCUT2D eigenvalue weighted by Crippen LogP contribution is -2.42. The van der Waals surface area contributed by atoms with E-state index in [9.17, 15) is 13.5 Å². The van der Waals surface area contributed by atoms with Crippen LogP contribution in [0.2, 0.25) is 0 Å². The molecule has 9 heteroatoms. The Morgan fingerprint density at radius 1 is 1.14 bits per heavy atom. The molecule has 0 amide bonds. The molecule has 2 aromatic carbocycles. The molecule has 0 bridgehead atoms. The van der Waals surface area contributed by atoms with Crippen LogP contribution in [0.1, 0.15) is 31.9 Å². The summed E-state index contributed by atoms with van der Waals surface area (Å²) in [5, 5.41) is 21.8. The molecular weight excluding hydrogens is 480 g/mol. The minimum absolute atomic E-state index is 0.0626. The molecule has 1 unspecified atom stereocenters. The maximum atomic E-state index is 12.0. The molecule has 184 valence electrons. The second kappa shape index (κ2) is 10.4. The van der Waals surface area contributed by atoms with E-state index >= 15 is 0 Å². The summed E-state index contributed by atoms with van der Waals surface area (Å²) in [7, 11) is -3.87. The maximum Gasteiger partial charge on any atom is 0.238 e. The average molecular weight is 511 g/mol. The molecule has 0 fully saturated rings. The van der Waals surface area contributed by atoms with Crippen LogP contribution in [-0.4, -0.2) is 35.2 Å². The van der Waals surface area contributed by atoms with Crippen molar-refractivity contribution in [1.29, 1.82) is 0 Å². The smallest absolute Gasteiger partial charge is 0.238 e. The summed E-state index contributed by atoms with van der Waals surface area (Å²) in [6.45, 7) is 5.37. The molecule has 4 rings (SSSR count). The van der Waals surface area contributed by atoms with E-state index in [1.54, 1.807) is 35.6 Å². The van der Waals surface area contributed by atoms with Gasteiger partial charge in [-0.3, -0.25) is 0 Å². The van der Waals surface area contributed by atoms with Crippen LogP contribution in [0.3, 0.4) is 0 Å². The lowest BCUT2D eigenvalue weighted by atomic mass is 9.98. The van der Waals surface area contributed by atoms with Crippen molar-refractivity contribution in [3.8, 4) is 21.7 Å². The number of benzene rings is 2. The number of aryl methyl sites for hydroxylation is 1. The summed E-state index contributed by atoms with van der Waals surface area (Å²) >= 11 is 1.67. The van der Waals surface area contributed by atoms with Crippen LogP contribution in [0.15, 0.2) is 83.5 Å². The molecule has 4 N–H and O–H groups in total. The predicted octanol–water partition coefficient (Wildman–Crippen LogP) is 4.42. The number of aliphatic hydroxyl groups is 1. The third-order valence-electron chi connectivity index (χ3n) is 5.95. The number of nitrogens with zero attached hydrogens (tertiary/aromatic N) is 2. The molecule has 0 saturated heterocycles. The Bertz CT molecular complexity index is 1380.